The fourth-order valence-corrected chi connectivity index (χ4v) is 3.44. The zero-order valence-electron chi connectivity index (χ0n) is 16.4. The summed E-state index contributed by atoms with van der Waals surface area (Å²) >= 11 is 5.87. The number of amides is 2. The number of halogens is 1. The van der Waals surface area contributed by atoms with E-state index < -0.39 is 0 Å². The predicted molar refractivity (Wildman–Crippen MR) is 110 cm³/mol. The monoisotopic (exact) mass is 400 g/mol. The summed E-state index contributed by atoms with van der Waals surface area (Å²) in [5.74, 6) is 1.09. The maximum Gasteiger partial charge on any atom is 0.259 e. The van der Waals surface area contributed by atoms with Gasteiger partial charge in [0, 0.05) is 42.3 Å². The Morgan fingerprint density at radius 1 is 1.29 bits per heavy atom. The molecule has 2 aromatic rings. The topological polar surface area (TPSA) is 75.2 Å². The Bertz CT molecular complexity index is 867. The van der Waals surface area contributed by atoms with Gasteiger partial charge in [-0.1, -0.05) is 25.4 Å². The highest BCUT2D eigenvalue weighted by molar-refractivity contribution is 6.30. The van der Waals surface area contributed by atoms with Crippen molar-refractivity contribution in [2.24, 2.45) is 5.92 Å². The lowest BCUT2D eigenvalue weighted by Gasteiger charge is -2.17. The number of hydrogen-bond acceptors (Lipinski definition) is 4. The predicted octanol–water partition coefficient (Wildman–Crippen LogP) is 4.05. The van der Waals surface area contributed by atoms with Crippen LogP contribution in [0.1, 0.15) is 54.5 Å². The molecule has 1 aliphatic rings. The molecule has 0 spiro atoms. The molecular formula is C21H25ClN4O2. The average molecular weight is 401 g/mol. The van der Waals surface area contributed by atoms with Crippen molar-refractivity contribution in [3.63, 3.8) is 0 Å². The van der Waals surface area contributed by atoms with Gasteiger partial charge in [0.05, 0.1) is 11.3 Å². The van der Waals surface area contributed by atoms with Gasteiger partial charge in [0.15, 0.2) is 0 Å². The van der Waals surface area contributed by atoms with E-state index in [4.69, 9.17) is 11.6 Å². The van der Waals surface area contributed by atoms with Crippen LogP contribution in [0.3, 0.4) is 0 Å². The smallest absolute Gasteiger partial charge is 0.259 e. The van der Waals surface area contributed by atoms with Crippen molar-refractivity contribution < 1.29 is 9.59 Å². The van der Waals surface area contributed by atoms with Crippen molar-refractivity contribution in [1.29, 1.82) is 0 Å². The minimum absolute atomic E-state index is 0.114. The van der Waals surface area contributed by atoms with Crippen molar-refractivity contribution in [1.82, 2.24) is 14.9 Å². The third kappa shape index (κ3) is 4.87. The van der Waals surface area contributed by atoms with E-state index >= 15 is 0 Å². The van der Waals surface area contributed by atoms with E-state index in [-0.39, 0.29) is 17.7 Å². The number of likely N-dealkylation sites (tertiary alicyclic amines) is 1. The molecule has 1 N–H and O–H groups in total. The fraction of sp³-hybridized carbons (Fsp3) is 0.429. The van der Waals surface area contributed by atoms with Crippen LogP contribution >= 0.6 is 11.6 Å². The molecule has 0 unspecified atom stereocenters. The van der Waals surface area contributed by atoms with Gasteiger partial charge in [-0.2, -0.15) is 0 Å². The summed E-state index contributed by atoms with van der Waals surface area (Å²) in [7, 11) is 0. The quantitative estimate of drug-likeness (QED) is 0.821. The van der Waals surface area contributed by atoms with Gasteiger partial charge in [-0.3, -0.25) is 9.59 Å². The van der Waals surface area contributed by atoms with Gasteiger partial charge in [-0.15, -0.1) is 0 Å². The highest BCUT2D eigenvalue weighted by Gasteiger charge is 2.29. The molecule has 3 rings (SSSR count). The van der Waals surface area contributed by atoms with Crippen LogP contribution in [0.4, 0.5) is 5.69 Å². The second-order valence-corrected chi connectivity index (χ2v) is 8.05. The average Bonchev–Trinajstić information content (AvgIpc) is 3.13. The third-order valence-corrected chi connectivity index (χ3v) is 5.09. The van der Waals surface area contributed by atoms with Crippen LogP contribution in [0.15, 0.2) is 30.5 Å². The molecule has 6 nitrogen and oxygen atoms in total. The number of rotatable bonds is 5. The van der Waals surface area contributed by atoms with Crippen molar-refractivity contribution in [3.8, 4) is 0 Å². The van der Waals surface area contributed by atoms with Crippen molar-refractivity contribution in [2.45, 2.75) is 39.5 Å². The molecule has 1 aromatic heterocycles. The highest BCUT2D eigenvalue weighted by Crippen LogP contribution is 2.26. The largest absolute Gasteiger partial charge is 0.342 e. The van der Waals surface area contributed by atoms with E-state index in [2.05, 4.69) is 15.3 Å². The van der Waals surface area contributed by atoms with Gasteiger partial charge in [-0.05, 0) is 43.5 Å². The fourth-order valence-electron chi connectivity index (χ4n) is 3.31. The minimum atomic E-state index is -0.258. The van der Waals surface area contributed by atoms with Crippen LogP contribution in [0.2, 0.25) is 5.02 Å². The van der Waals surface area contributed by atoms with Gasteiger partial charge < -0.3 is 10.2 Å². The SMILES string of the molecule is Cc1nc([C@H]2CCN(C(=O)CC(C)C)C2)ncc1C(=O)Nc1ccc(Cl)cc1. The van der Waals surface area contributed by atoms with Gasteiger partial charge in [0.1, 0.15) is 5.82 Å². The van der Waals surface area contributed by atoms with E-state index in [0.717, 1.165) is 13.0 Å². The second kappa shape index (κ2) is 8.69. The first kappa shape index (κ1) is 20.3. The standard InChI is InChI=1S/C21H25ClN4O2/c1-13(2)10-19(27)26-9-8-15(12-26)20-23-11-18(14(3)24-20)21(28)25-17-6-4-16(22)5-7-17/h4-7,11,13,15H,8-10,12H2,1-3H3,(H,25,28)/t15-/m0/s1. The molecule has 0 bridgehead atoms. The molecule has 2 amide bonds. The first-order valence-electron chi connectivity index (χ1n) is 9.51. The Morgan fingerprint density at radius 3 is 2.64 bits per heavy atom. The molecule has 1 saturated heterocycles. The summed E-state index contributed by atoms with van der Waals surface area (Å²) < 4.78 is 0. The molecule has 1 aromatic carbocycles. The molecule has 2 heterocycles. The molecule has 0 saturated carbocycles. The van der Waals surface area contributed by atoms with Gasteiger partial charge >= 0.3 is 0 Å². The molecule has 7 heteroatoms. The number of benzene rings is 1. The van der Waals surface area contributed by atoms with Crippen LogP contribution in [-0.2, 0) is 4.79 Å². The van der Waals surface area contributed by atoms with Crippen LogP contribution in [-0.4, -0.2) is 39.8 Å². The number of hydrogen-bond donors (Lipinski definition) is 1. The Morgan fingerprint density at radius 2 is 2.00 bits per heavy atom. The van der Waals surface area contributed by atoms with Gasteiger partial charge in [0.25, 0.3) is 5.91 Å². The summed E-state index contributed by atoms with van der Waals surface area (Å²) in [6.07, 6.45) is 2.98. The van der Waals surface area contributed by atoms with Crippen molar-refractivity contribution >= 4 is 29.1 Å². The van der Waals surface area contributed by atoms with Crippen LogP contribution in [0.5, 0.6) is 0 Å². The number of anilines is 1. The lowest BCUT2D eigenvalue weighted by atomic mass is 10.1. The molecule has 1 aliphatic heterocycles. The zero-order chi connectivity index (χ0) is 20.3. The molecule has 0 aliphatic carbocycles. The lowest BCUT2D eigenvalue weighted by molar-refractivity contribution is -0.130. The molecule has 0 radical (unpaired) electrons. The van der Waals surface area contributed by atoms with Crippen LogP contribution in [0, 0.1) is 12.8 Å². The molecular weight excluding hydrogens is 376 g/mol. The van der Waals surface area contributed by atoms with Gasteiger partial charge in [0.2, 0.25) is 5.91 Å². The number of aromatic nitrogens is 2. The Kier molecular flexibility index (Phi) is 6.29. The maximum atomic E-state index is 12.5. The highest BCUT2D eigenvalue weighted by atomic mass is 35.5. The summed E-state index contributed by atoms with van der Waals surface area (Å²) in [6, 6.07) is 6.92. The van der Waals surface area contributed by atoms with E-state index in [1.54, 1.807) is 37.4 Å². The van der Waals surface area contributed by atoms with Gasteiger partial charge in [-0.25, -0.2) is 9.97 Å². The van der Waals surface area contributed by atoms with E-state index in [1.165, 1.54) is 0 Å². The first-order chi connectivity index (χ1) is 13.3. The normalized spacial score (nSPS) is 16.5. The Hall–Kier alpha value is -2.47. The maximum absolute atomic E-state index is 12.5. The number of carbonyl (C=O) groups is 2. The Labute approximate surface area is 170 Å². The molecule has 148 valence electrons. The third-order valence-electron chi connectivity index (χ3n) is 4.83. The minimum Gasteiger partial charge on any atom is -0.342 e. The molecule has 1 atom stereocenters. The van der Waals surface area contributed by atoms with E-state index in [9.17, 15) is 9.59 Å². The number of nitrogens with zero attached hydrogens (tertiary/aromatic N) is 3. The second-order valence-electron chi connectivity index (χ2n) is 7.61. The number of nitrogens with one attached hydrogen (secondary N) is 1. The Balaban J connectivity index is 1.66. The van der Waals surface area contributed by atoms with Crippen molar-refractivity contribution in [3.05, 3.63) is 52.6 Å². The summed E-state index contributed by atoms with van der Waals surface area (Å²) in [4.78, 5) is 35.7. The summed E-state index contributed by atoms with van der Waals surface area (Å²) in [6.45, 7) is 7.27. The number of carbonyl (C=O) groups excluding carboxylic acids is 2. The van der Waals surface area contributed by atoms with E-state index in [0.29, 0.717) is 46.7 Å². The molecule has 1 fully saturated rings. The first-order valence-corrected chi connectivity index (χ1v) is 9.89. The summed E-state index contributed by atoms with van der Waals surface area (Å²) in [5, 5.41) is 3.44. The van der Waals surface area contributed by atoms with Crippen molar-refractivity contribution in [2.75, 3.05) is 18.4 Å². The lowest BCUT2D eigenvalue weighted by Crippen LogP contribution is -2.29. The molecule has 28 heavy (non-hydrogen) atoms. The zero-order valence-corrected chi connectivity index (χ0v) is 17.2. The van der Waals surface area contributed by atoms with E-state index in [1.807, 2.05) is 18.7 Å². The van der Waals surface area contributed by atoms with Crippen LogP contribution in [0.25, 0.3) is 0 Å². The number of aryl methyl sites for hydroxylation is 1. The summed E-state index contributed by atoms with van der Waals surface area (Å²) in [5.41, 5.74) is 1.72. The van der Waals surface area contributed by atoms with Crippen LogP contribution < -0.4 is 5.32 Å².